The number of benzene rings is 1. The third-order valence-electron chi connectivity index (χ3n) is 4.62. The maximum Gasteiger partial charge on any atom is 0.416 e. The Morgan fingerprint density at radius 1 is 1.17 bits per heavy atom. The van der Waals surface area contributed by atoms with Gasteiger partial charge in [0.15, 0.2) is 10.9 Å². The van der Waals surface area contributed by atoms with Crippen LogP contribution in [0.1, 0.15) is 22.5 Å². The van der Waals surface area contributed by atoms with Crippen LogP contribution in [0.4, 0.5) is 23.1 Å². The smallest absolute Gasteiger partial charge is 0.355 e. The molecule has 0 radical (unpaired) electrons. The highest BCUT2D eigenvalue weighted by Crippen LogP contribution is 2.36. The number of nitrogens with zero attached hydrogens (tertiary/aromatic N) is 4. The maximum atomic E-state index is 12.8. The van der Waals surface area contributed by atoms with Gasteiger partial charge in [0, 0.05) is 25.7 Å². The molecule has 1 fully saturated rings. The van der Waals surface area contributed by atoms with E-state index in [0.717, 1.165) is 28.4 Å². The second kappa shape index (κ2) is 7.18. The third kappa shape index (κ3) is 3.84. The van der Waals surface area contributed by atoms with E-state index < -0.39 is 11.7 Å². The first-order valence-electron chi connectivity index (χ1n) is 8.86. The van der Waals surface area contributed by atoms with Crippen molar-refractivity contribution >= 4 is 22.5 Å². The highest BCUT2D eigenvalue weighted by Gasteiger charge is 2.33. The maximum absolute atomic E-state index is 12.8. The van der Waals surface area contributed by atoms with Gasteiger partial charge in [-0.25, -0.2) is 9.78 Å². The number of carbonyl (C=O) groups is 1. The zero-order valence-electron chi connectivity index (χ0n) is 15.7. The number of aromatic nitrogens is 2. The van der Waals surface area contributed by atoms with E-state index in [-0.39, 0.29) is 12.6 Å². The van der Waals surface area contributed by atoms with Crippen molar-refractivity contribution in [1.82, 2.24) is 15.0 Å². The standard InChI is InChI=1S/C19H17F3N4O2S/c1-11-9-15(28-24-11)16-12(2)23-17(29-16)26-8-7-25(18(26)27)10-13-3-5-14(6-4-13)19(20,21)22/h3-6,9H,7-8,10H2,1-2H3. The minimum atomic E-state index is -4.37. The van der Waals surface area contributed by atoms with E-state index in [4.69, 9.17) is 4.52 Å². The zero-order valence-corrected chi connectivity index (χ0v) is 16.5. The van der Waals surface area contributed by atoms with Crippen molar-refractivity contribution < 1.29 is 22.5 Å². The van der Waals surface area contributed by atoms with Crippen LogP contribution in [-0.4, -0.2) is 34.2 Å². The van der Waals surface area contributed by atoms with Gasteiger partial charge in [0.2, 0.25) is 0 Å². The summed E-state index contributed by atoms with van der Waals surface area (Å²) in [7, 11) is 0. The summed E-state index contributed by atoms with van der Waals surface area (Å²) in [5, 5.41) is 4.44. The van der Waals surface area contributed by atoms with Gasteiger partial charge in [0.05, 0.1) is 21.8 Å². The minimum absolute atomic E-state index is 0.223. The highest BCUT2D eigenvalue weighted by molar-refractivity contribution is 7.19. The highest BCUT2D eigenvalue weighted by atomic mass is 32.1. The lowest BCUT2D eigenvalue weighted by molar-refractivity contribution is -0.137. The molecule has 1 aromatic carbocycles. The van der Waals surface area contributed by atoms with Gasteiger partial charge in [-0.3, -0.25) is 4.90 Å². The fraction of sp³-hybridized carbons (Fsp3) is 0.316. The van der Waals surface area contributed by atoms with Gasteiger partial charge >= 0.3 is 12.2 Å². The first kappa shape index (κ1) is 19.4. The molecular formula is C19H17F3N4O2S. The second-order valence-electron chi connectivity index (χ2n) is 6.79. The Bertz CT molecular complexity index is 1040. The monoisotopic (exact) mass is 422 g/mol. The van der Waals surface area contributed by atoms with E-state index in [1.54, 1.807) is 9.80 Å². The second-order valence-corrected chi connectivity index (χ2v) is 7.77. The van der Waals surface area contributed by atoms with Crippen molar-refractivity contribution in [3.8, 4) is 10.6 Å². The van der Waals surface area contributed by atoms with Crippen molar-refractivity contribution in [2.45, 2.75) is 26.6 Å². The fourth-order valence-corrected chi connectivity index (χ4v) is 4.16. The summed E-state index contributed by atoms with van der Waals surface area (Å²) in [5.74, 6) is 0.608. The summed E-state index contributed by atoms with van der Waals surface area (Å²) < 4.78 is 43.4. The number of alkyl halides is 3. The molecule has 0 bridgehead atoms. The Balaban J connectivity index is 1.48. The molecule has 1 aliphatic heterocycles. The van der Waals surface area contributed by atoms with Gasteiger partial charge in [-0.15, -0.1) is 0 Å². The van der Waals surface area contributed by atoms with E-state index in [1.165, 1.54) is 23.5 Å². The molecule has 2 aromatic heterocycles. The van der Waals surface area contributed by atoms with Crippen LogP contribution >= 0.6 is 11.3 Å². The lowest BCUT2D eigenvalue weighted by atomic mass is 10.1. The van der Waals surface area contributed by atoms with Crippen LogP contribution in [0.2, 0.25) is 0 Å². The molecule has 0 atom stereocenters. The quantitative estimate of drug-likeness (QED) is 0.602. The number of hydrogen-bond acceptors (Lipinski definition) is 5. The van der Waals surface area contributed by atoms with Gasteiger partial charge in [-0.2, -0.15) is 13.2 Å². The van der Waals surface area contributed by atoms with Gasteiger partial charge in [-0.1, -0.05) is 28.6 Å². The molecule has 29 heavy (non-hydrogen) atoms. The Labute approximate surface area is 168 Å². The summed E-state index contributed by atoms with van der Waals surface area (Å²) in [4.78, 5) is 21.3. The number of urea groups is 1. The van der Waals surface area contributed by atoms with E-state index in [0.29, 0.717) is 29.5 Å². The molecule has 0 aliphatic carbocycles. The van der Waals surface area contributed by atoms with Gasteiger partial charge < -0.3 is 9.42 Å². The molecule has 1 saturated heterocycles. The Morgan fingerprint density at radius 3 is 2.52 bits per heavy atom. The van der Waals surface area contributed by atoms with Crippen LogP contribution < -0.4 is 4.90 Å². The van der Waals surface area contributed by atoms with Crippen LogP contribution in [0.25, 0.3) is 10.6 Å². The molecule has 0 unspecified atom stereocenters. The third-order valence-corrected chi connectivity index (χ3v) is 5.81. The zero-order chi connectivity index (χ0) is 20.8. The van der Waals surface area contributed by atoms with Gasteiger partial charge in [0.1, 0.15) is 0 Å². The number of halogens is 3. The lowest BCUT2D eigenvalue weighted by Gasteiger charge is -2.17. The number of hydrogen-bond donors (Lipinski definition) is 0. The van der Waals surface area contributed by atoms with Crippen molar-refractivity contribution in [3.05, 3.63) is 52.8 Å². The van der Waals surface area contributed by atoms with Crippen LogP contribution in [0.3, 0.4) is 0 Å². The molecule has 10 heteroatoms. The van der Waals surface area contributed by atoms with Crippen molar-refractivity contribution in [2.75, 3.05) is 18.0 Å². The molecular weight excluding hydrogens is 405 g/mol. The van der Waals surface area contributed by atoms with E-state index in [9.17, 15) is 18.0 Å². The molecule has 1 aliphatic rings. The fourth-order valence-electron chi connectivity index (χ4n) is 3.12. The van der Waals surface area contributed by atoms with Crippen molar-refractivity contribution in [1.29, 1.82) is 0 Å². The Hall–Kier alpha value is -2.88. The predicted octanol–water partition coefficient (Wildman–Crippen LogP) is 4.88. The number of amides is 2. The molecule has 3 heterocycles. The van der Waals surface area contributed by atoms with Crippen LogP contribution in [-0.2, 0) is 12.7 Å². The average molecular weight is 422 g/mol. The molecule has 3 aromatic rings. The summed E-state index contributed by atoms with van der Waals surface area (Å²) in [6.45, 7) is 4.84. The molecule has 0 N–H and O–H groups in total. The minimum Gasteiger partial charge on any atom is -0.355 e. The first-order chi connectivity index (χ1) is 13.7. The SMILES string of the molecule is Cc1cc(-c2sc(N3CCN(Cc4ccc(C(F)(F)F)cc4)C3=O)nc2C)on1. The molecule has 152 valence electrons. The number of aryl methyl sites for hydroxylation is 2. The predicted molar refractivity (Wildman–Crippen MR) is 102 cm³/mol. The first-order valence-corrected chi connectivity index (χ1v) is 9.68. The van der Waals surface area contributed by atoms with Crippen molar-refractivity contribution in [3.63, 3.8) is 0 Å². The average Bonchev–Trinajstić information content (AvgIpc) is 3.34. The van der Waals surface area contributed by atoms with Crippen LogP contribution in [0.15, 0.2) is 34.9 Å². The van der Waals surface area contributed by atoms with Crippen LogP contribution in [0, 0.1) is 13.8 Å². The Morgan fingerprint density at radius 2 is 1.90 bits per heavy atom. The summed E-state index contributed by atoms with van der Waals surface area (Å²) in [6.07, 6.45) is -4.37. The van der Waals surface area contributed by atoms with E-state index >= 15 is 0 Å². The van der Waals surface area contributed by atoms with Gasteiger partial charge in [0.25, 0.3) is 0 Å². The number of rotatable bonds is 4. The molecule has 0 spiro atoms. The van der Waals surface area contributed by atoms with E-state index in [1.807, 2.05) is 19.9 Å². The summed E-state index contributed by atoms with van der Waals surface area (Å²) in [5.41, 5.74) is 1.44. The number of thiazole rings is 1. The molecule has 0 saturated carbocycles. The summed E-state index contributed by atoms with van der Waals surface area (Å²) >= 11 is 1.35. The van der Waals surface area contributed by atoms with Gasteiger partial charge in [-0.05, 0) is 31.5 Å². The lowest BCUT2D eigenvalue weighted by Crippen LogP contribution is -2.31. The molecule has 2 amide bonds. The number of carbonyl (C=O) groups excluding carboxylic acids is 1. The van der Waals surface area contributed by atoms with Crippen molar-refractivity contribution in [2.24, 2.45) is 0 Å². The molecule has 6 nitrogen and oxygen atoms in total. The topological polar surface area (TPSA) is 62.5 Å². The summed E-state index contributed by atoms with van der Waals surface area (Å²) in [6, 6.07) is 6.45. The largest absolute Gasteiger partial charge is 0.416 e. The molecule has 4 rings (SSSR count). The van der Waals surface area contributed by atoms with E-state index in [2.05, 4.69) is 10.1 Å². The number of anilines is 1. The Kier molecular flexibility index (Phi) is 4.81. The normalized spacial score (nSPS) is 14.9. The van der Waals surface area contributed by atoms with Crippen LogP contribution in [0.5, 0.6) is 0 Å².